The highest BCUT2D eigenvalue weighted by molar-refractivity contribution is 5.95. The highest BCUT2D eigenvalue weighted by atomic mass is 16.7. The summed E-state index contributed by atoms with van der Waals surface area (Å²) in [6.07, 6.45) is 4.60. The molecule has 3 heterocycles. The summed E-state index contributed by atoms with van der Waals surface area (Å²) in [5.74, 6) is 2.02. The molecular formula is C28H34N2O6. The maximum atomic E-state index is 13.0. The molecule has 0 N–H and O–H groups in total. The number of esters is 1. The lowest BCUT2D eigenvalue weighted by molar-refractivity contribution is -0.151. The summed E-state index contributed by atoms with van der Waals surface area (Å²) in [5, 5.41) is 0. The largest absolute Gasteiger partial charge is 0.490 e. The Bertz CT molecular complexity index is 1080. The van der Waals surface area contributed by atoms with E-state index in [0.717, 1.165) is 50.0 Å². The molecule has 192 valence electrons. The molecular weight excluding hydrogens is 460 g/mol. The molecule has 3 aliphatic heterocycles. The number of rotatable bonds is 7. The number of fused-ring (bicyclic) bond motifs is 1. The third-order valence-corrected chi connectivity index (χ3v) is 7.11. The van der Waals surface area contributed by atoms with Gasteiger partial charge in [0.15, 0.2) is 11.5 Å². The number of hydrogen-bond acceptors (Lipinski definition) is 7. The minimum Gasteiger partial charge on any atom is -0.490 e. The van der Waals surface area contributed by atoms with Crippen LogP contribution in [0.1, 0.15) is 54.9 Å². The molecule has 2 aromatic carbocycles. The van der Waals surface area contributed by atoms with E-state index in [1.165, 1.54) is 0 Å². The van der Waals surface area contributed by atoms with Crippen molar-refractivity contribution in [1.29, 1.82) is 0 Å². The number of piperidine rings is 2. The average Bonchev–Trinajstić information content (AvgIpc) is 3.37. The first-order chi connectivity index (χ1) is 17.6. The number of ether oxygens (including phenoxy) is 4. The van der Waals surface area contributed by atoms with Crippen molar-refractivity contribution in [2.24, 2.45) is 0 Å². The van der Waals surface area contributed by atoms with Gasteiger partial charge in [-0.2, -0.15) is 0 Å². The van der Waals surface area contributed by atoms with Gasteiger partial charge in [0, 0.05) is 38.0 Å². The monoisotopic (exact) mass is 494 g/mol. The van der Waals surface area contributed by atoms with Gasteiger partial charge in [0.05, 0.1) is 6.61 Å². The molecule has 8 heteroatoms. The maximum absolute atomic E-state index is 13.0. The van der Waals surface area contributed by atoms with Gasteiger partial charge in [0.2, 0.25) is 6.79 Å². The number of benzene rings is 2. The van der Waals surface area contributed by atoms with Gasteiger partial charge < -0.3 is 23.8 Å². The van der Waals surface area contributed by atoms with Crippen LogP contribution in [0, 0.1) is 0 Å². The van der Waals surface area contributed by atoms with Gasteiger partial charge in [-0.3, -0.25) is 14.5 Å². The second-order valence-electron chi connectivity index (χ2n) is 9.56. The van der Waals surface area contributed by atoms with Crippen molar-refractivity contribution < 1.29 is 28.5 Å². The van der Waals surface area contributed by atoms with E-state index in [0.29, 0.717) is 43.3 Å². The van der Waals surface area contributed by atoms with E-state index in [2.05, 4.69) is 17.0 Å². The first-order valence-electron chi connectivity index (χ1n) is 13.0. The summed E-state index contributed by atoms with van der Waals surface area (Å²) in [4.78, 5) is 29.5. The highest BCUT2D eigenvalue weighted by Crippen LogP contribution is 2.33. The van der Waals surface area contributed by atoms with Gasteiger partial charge in [-0.25, -0.2) is 0 Å². The predicted molar refractivity (Wildman–Crippen MR) is 133 cm³/mol. The third kappa shape index (κ3) is 5.59. The normalized spacial score (nSPS) is 20.2. The van der Waals surface area contributed by atoms with Crippen LogP contribution < -0.4 is 14.2 Å². The Morgan fingerprint density at radius 3 is 2.64 bits per heavy atom. The Hall–Kier alpha value is -3.26. The van der Waals surface area contributed by atoms with Gasteiger partial charge in [-0.15, -0.1) is 0 Å². The highest BCUT2D eigenvalue weighted by Gasteiger charge is 2.30. The van der Waals surface area contributed by atoms with Crippen molar-refractivity contribution in [3.8, 4) is 17.2 Å². The van der Waals surface area contributed by atoms with Crippen molar-refractivity contribution in [2.45, 2.75) is 57.7 Å². The summed E-state index contributed by atoms with van der Waals surface area (Å²) in [6, 6.07) is 13.3. The lowest BCUT2D eigenvalue weighted by Gasteiger charge is -2.34. The van der Waals surface area contributed by atoms with E-state index in [9.17, 15) is 9.59 Å². The van der Waals surface area contributed by atoms with E-state index in [1.54, 1.807) is 18.2 Å². The van der Waals surface area contributed by atoms with Crippen LogP contribution in [0.25, 0.3) is 0 Å². The van der Waals surface area contributed by atoms with E-state index < -0.39 is 0 Å². The molecule has 5 rings (SSSR count). The van der Waals surface area contributed by atoms with E-state index >= 15 is 0 Å². The zero-order valence-electron chi connectivity index (χ0n) is 20.8. The Labute approximate surface area is 212 Å². The Morgan fingerprint density at radius 2 is 1.81 bits per heavy atom. The summed E-state index contributed by atoms with van der Waals surface area (Å²) in [5.41, 5.74) is 1.74. The summed E-state index contributed by atoms with van der Waals surface area (Å²) < 4.78 is 22.4. The molecule has 2 aromatic rings. The predicted octanol–water partition coefficient (Wildman–Crippen LogP) is 4.02. The molecule has 2 saturated heterocycles. The average molecular weight is 495 g/mol. The maximum Gasteiger partial charge on any atom is 0.323 e. The topological polar surface area (TPSA) is 77.5 Å². The van der Waals surface area contributed by atoms with Gasteiger partial charge >= 0.3 is 5.97 Å². The molecule has 3 aliphatic rings. The van der Waals surface area contributed by atoms with Crippen LogP contribution in [0.5, 0.6) is 17.2 Å². The first kappa shape index (κ1) is 24.4. The second kappa shape index (κ2) is 11.2. The fraction of sp³-hybridized carbons (Fsp3) is 0.500. The first-order valence-corrected chi connectivity index (χ1v) is 13.0. The molecule has 0 radical (unpaired) electrons. The molecule has 8 nitrogen and oxygen atoms in total. The second-order valence-corrected chi connectivity index (χ2v) is 9.56. The summed E-state index contributed by atoms with van der Waals surface area (Å²) in [7, 11) is 0. The molecule has 0 bridgehead atoms. The van der Waals surface area contributed by atoms with Crippen LogP contribution in [0.3, 0.4) is 0 Å². The molecule has 1 atom stereocenters. The van der Waals surface area contributed by atoms with Crippen molar-refractivity contribution in [1.82, 2.24) is 9.80 Å². The van der Waals surface area contributed by atoms with Crippen molar-refractivity contribution >= 4 is 11.9 Å². The smallest absolute Gasteiger partial charge is 0.323 e. The van der Waals surface area contributed by atoms with Crippen LogP contribution >= 0.6 is 0 Å². The minimum absolute atomic E-state index is 0.00596. The molecule has 0 saturated carbocycles. The Balaban J connectivity index is 1.15. The fourth-order valence-electron chi connectivity index (χ4n) is 5.22. The van der Waals surface area contributed by atoms with E-state index in [-0.39, 0.29) is 30.8 Å². The van der Waals surface area contributed by atoms with Gasteiger partial charge in [0.1, 0.15) is 17.9 Å². The Kier molecular flexibility index (Phi) is 7.60. The summed E-state index contributed by atoms with van der Waals surface area (Å²) in [6.45, 7) is 5.34. The number of carbonyl (C=O) groups excluding carboxylic acids is 2. The SMILES string of the molecule is CCOC(=O)[C@@H]1CCCCN1Cc1cccc(OC2CCN(C(=O)c3ccc4c(c3)OCO4)CC2)c1. The minimum atomic E-state index is -0.171. The molecule has 2 fully saturated rings. The van der Waals surface area contributed by atoms with Crippen LogP contribution in [0.15, 0.2) is 42.5 Å². The Morgan fingerprint density at radius 1 is 0.972 bits per heavy atom. The van der Waals surface area contributed by atoms with Crippen LogP contribution in [0.4, 0.5) is 0 Å². The van der Waals surface area contributed by atoms with Gasteiger partial charge in [-0.1, -0.05) is 18.6 Å². The third-order valence-electron chi connectivity index (χ3n) is 7.11. The van der Waals surface area contributed by atoms with Crippen LogP contribution in [-0.4, -0.2) is 66.9 Å². The quantitative estimate of drug-likeness (QED) is 0.538. The van der Waals surface area contributed by atoms with Crippen molar-refractivity contribution in [3.63, 3.8) is 0 Å². The fourth-order valence-corrected chi connectivity index (χ4v) is 5.22. The van der Waals surface area contributed by atoms with Gasteiger partial charge in [-0.05, 0) is 62.2 Å². The number of hydrogen-bond donors (Lipinski definition) is 0. The molecule has 36 heavy (non-hydrogen) atoms. The van der Waals surface area contributed by atoms with Gasteiger partial charge in [0.25, 0.3) is 5.91 Å². The van der Waals surface area contributed by atoms with Crippen LogP contribution in [-0.2, 0) is 16.1 Å². The van der Waals surface area contributed by atoms with Crippen molar-refractivity contribution in [3.05, 3.63) is 53.6 Å². The molecule has 0 aromatic heterocycles. The zero-order valence-corrected chi connectivity index (χ0v) is 20.8. The summed E-state index contributed by atoms with van der Waals surface area (Å²) >= 11 is 0. The molecule has 0 unspecified atom stereocenters. The van der Waals surface area contributed by atoms with E-state index in [4.69, 9.17) is 18.9 Å². The lowest BCUT2D eigenvalue weighted by atomic mass is 10.0. The van der Waals surface area contributed by atoms with Crippen molar-refractivity contribution in [2.75, 3.05) is 33.0 Å². The molecule has 0 aliphatic carbocycles. The number of nitrogens with zero attached hydrogens (tertiary/aromatic N) is 2. The molecule has 0 spiro atoms. The standard InChI is InChI=1S/C28H34N2O6/c1-2-33-28(32)24-8-3-4-13-30(24)18-20-6-5-7-23(16-20)36-22-11-14-29(15-12-22)27(31)21-9-10-25-26(17-21)35-19-34-25/h5-7,9-10,16-17,22,24H,2-4,8,11-15,18-19H2,1H3/t24-/m0/s1. The lowest BCUT2D eigenvalue weighted by Crippen LogP contribution is -2.44. The zero-order chi connectivity index (χ0) is 24.9. The van der Waals surface area contributed by atoms with E-state index in [1.807, 2.05) is 24.0 Å². The molecule has 1 amide bonds. The number of carbonyl (C=O) groups is 2. The number of amides is 1. The number of likely N-dealkylation sites (tertiary alicyclic amines) is 2. The van der Waals surface area contributed by atoms with Crippen LogP contribution in [0.2, 0.25) is 0 Å².